The first-order valence-corrected chi connectivity index (χ1v) is 8.85. The molecule has 27 heavy (non-hydrogen) atoms. The summed E-state index contributed by atoms with van der Waals surface area (Å²) in [6.07, 6.45) is 0. The molecule has 0 fully saturated rings. The minimum atomic E-state index is -0.0511. The molecule has 0 N–H and O–H groups in total. The molecule has 1 amide bonds. The van der Waals surface area contributed by atoms with Gasteiger partial charge >= 0.3 is 0 Å². The average molecular weight is 365 g/mol. The maximum absolute atomic E-state index is 12.8. The van der Waals surface area contributed by atoms with Crippen molar-refractivity contribution in [3.63, 3.8) is 0 Å². The highest BCUT2D eigenvalue weighted by molar-refractivity contribution is 5.94. The van der Waals surface area contributed by atoms with Crippen LogP contribution in [0.4, 0.5) is 0 Å². The van der Waals surface area contributed by atoms with Crippen molar-refractivity contribution in [2.45, 2.75) is 27.3 Å². The molecule has 0 aliphatic carbocycles. The molecule has 0 aliphatic heterocycles. The summed E-state index contributed by atoms with van der Waals surface area (Å²) in [5.74, 6) is 1.60. The number of carbonyl (C=O) groups is 1. The predicted molar refractivity (Wildman–Crippen MR) is 103 cm³/mol. The van der Waals surface area contributed by atoms with E-state index in [0.717, 1.165) is 22.4 Å². The molecular formula is C21H23N3O3. The van der Waals surface area contributed by atoms with Crippen LogP contribution < -0.4 is 4.74 Å². The van der Waals surface area contributed by atoms with Crippen LogP contribution >= 0.6 is 0 Å². The van der Waals surface area contributed by atoms with Gasteiger partial charge in [-0.3, -0.25) is 4.79 Å². The third kappa shape index (κ3) is 4.16. The molecule has 0 unspecified atom stereocenters. The lowest BCUT2D eigenvalue weighted by atomic mass is 10.1. The molecule has 1 aromatic heterocycles. The van der Waals surface area contributed by atoms with Crippen LogP contribution in [-0.4, -0.2) is 34.6 Å². The third-order valence-electron chi connectivity index (χ3n) is 4.57. The van der Waals surface area contributed by atoms with Gasteiger partial charge in [-0.25, -0.2) is 0 Å². The number of carbonyl (C=O) groups excluding carboxylic acids is 1. The van der Waals surface area contributed by atoms with Crippen LogP contribution in [0.25, 0.3) is 11.4 Å². The molecule has 3 rings (SSSR count). The Morgan fingerprint density at radius 2 is 1.85 bits per heavy atom. The lowest BCUT2D eigenvalue weighted by Crippen LogP contribution is -2.30. The standard InChI is InChI=1S/C21H23N3O3/c1-5-24(21(25)17-7-6-14(2)15(3)12-17)13-19-22-20(23-27-19)16-8-10-18(26-4)11-9-16/h6-12H,5,13H2,1-4H3. The van der Waals surface area contributed by atoms with Crippen molar-refractivity contribution < 1.29 is 14.1 Å². The normalized spacial score (nSPS) is 10.7. The van der Waals surface area contributed by atoms with E-state index in [1.807, 2.05) is 63.2 Å². The van der Waals surface area contributed by atoms with Crippen molar-refractivity contribution in [3.8, 4) is 17.1 Å². The Hall–Kier alpha value is -3.15. The van der Waals surface area contributed by atoms with E-state index < -0.39 is 0 Å². The van der Waals surface area contributed by atoms with Crippen LogP contribution in [-0.2, 0) is 6.54 Å². The van der Waals surface area contributed by atoms with Crippen molar-refractivity contribution in [3.05, 3.63) is 65.0 Å². The Bertz CT molecular complexity index is 932. The van der Waals surface area contributed by atoms with E-state index in [1.54, 1.807) is 12.0 Å². The zero-order chi connectivity index (χ0) is 19.4. The van der Waals surface area contributed by atoms with Crippen LogP contribution in [0, 0.1) is 13.8 Å². The summed E-state index contributed by atoms with van der Waals surface area (Å²) < 4.78 is 10.5. The molecule has 1 heterocycles. The minimum absolute atomic E-state index is 0.0511. The maximum atomic E-state index is 12.8. The zero-order valence-electron chi connectivity index (χ0n) is 16.0. The minimum Gasteiger partial charge on any atom is -0.497 e. The van der Waals surface area contributed by atoms with Gasteiger partial charge in [0.05, 0.1) is 7.11 Å². The molecule has 0 radical (unpaired) electrons. The van der Waals surface area contributed by atoms with E-state index in [9.17, 15) is 4.79 Å². The van der Waals surface area contributed by atoms with Gasteiger partial charge in [0, 0.05) is 17.7 Å². The first-order valence-electron chi connectivity index (χ1n) is 8.85. The number of hydrogen-bond acceptors (Lipinski definition) is 5. The van der Waals surface area contributed by atoms with Crippen LogP contribution in [0.15, 0.2) is 47.0 Å². The predicted octanol–water partition coefficient (Wildman–Crippen LogP) is 4.02. The highest BCUT2D eigenvalue weighted by atomic mass is 16.5. The number of aromatic nitrogens is 2. The maximum Gasteiger partial charge on any atom is 0.254 e. The van der Waals surface area contributed by atoms with Crippen molar-refractivity contribution >= 4 is 5.91 Å². The first kappa shape index (κ1) is 18.6. The second kappa shape index (κ2) is 8.03. The summed E-state index contributed by atoms with van der Waals surface area (Å²) in [6, 6.07) is 13.1. The molecule has 0 aliphatic rings. The summed E-state index contributed by atoms with van der Waals surface area (Å²) in [6.45, 7) is 6.78. The van der Waals surface area contributed by atoms with Gasteiger partial charge in [0.25, 0.3) is 5.91 Å². The smallest absolute Gasteiger partial charge is 0.254 e. The number of aryl methyl sites for hydroxylation is 2. The van der Waals surface area contributed by atoms with E-state index >= 15 is 0 Å². The molecule has 0 atom stereocenters. The van der Waals surface area contributed by atoms with Gasteiger partial charge in [0.15, 0.2) is 0 Å². The average Bonchev–Trinajstić information content (AvgIpc) is 3.16. The van der Waals surface area contributed by atoms with Crippen molar-refractivity contribution in [2.75, 3.05) is 13.7 Å². The summed E-state index contributed by atoms with van der Waals surface area (Å²) in [7, 11) is 1.62. The molecule has 0 spiro atoms. The molecular weight excluding hydrogens is 342 g/mol. The number of benzene rings is 2. The monoisotopic (exact) mass is 365 g/mol. The van der Waals surface area contributed by atoms with Crippen LogP contribution in [0.2, 0.25) is 0 Å². The van der Waals surface area contributed by atoms with Gasteiger partial charge in [-0.05, 0) is 68.3 Å². The Balaban J connectivity index is 1.75. The molecule has 2 aromatic carbocycles. The van der Waals surface area contributed by atoms with Crippen molar-refractivity contribution in [1.82, 2.24) is 15.0 Å². The fraction of sp³-hybridized carbons (Fsp3) is 0.286. The molecule has 3 aromatic rings. The van der Waals surface area contributed by atoms with E-state index in [1.165, 1.54) is 0 Å². The highest BCUT2D eigenvalue weighted by Crippen LogP contribution is 2.20. The summed E-state index contributed by atoms with van der Waals surface area (Å²) in [4.78, 5) is 18.9. The number of hydrogen-bond donors (Lipinski definition) is 0. The summed E-state index contributed by atoms with van der Waals surface area (Å²) in [5.41, 5.74) is 3.75. The molecule has 140 valence electrons. The Labute approximate surface area is 158 Å². The van der Waals surface area contributed by atoms with E-state index in [2.05, 4.69) is 10.1 Å². The largest absolute Gasteiger partial charge is 0.497 e. The second-order valence-electron chi connectivity index (χ2n) is 6.36. The van der Waals surface area contributed by atoms with Gasteiger partial charge in [0.2, 0.25) is 11.7 Å². The number of rotatable bonds is 6. The number of ether oxygens (including phenoxy) is 1. The lowest BCUT2D eigenvalue weighted by molar-refractivity contribution is 0.0734. The summed E-state index contributed by atoms with van der Waals surface area (Å²) >= 11 is 0. The molecule has 0 bridgehead atoms. The van der Waals surface area contributed by atoms with Crippen molar-refractivity contribution in [1.29, 1.82) is 0 Å². The van der Waals surface area contributed by atoms with Crippen molar-refractivity contribution in [2.24, 2.45) is 0 Å². The Kier molecular flexibility index (Phi) is 5.54. The Morgan fingerprint density at radius 1 is 1.11 bits per heavy atom. The van der Waals surface area contributed by atoms with E-state index in [-0.39, 0.29) is 12.5 Å². The second-order valence-corrected chi connectivity index (χ2v) is 6.36. The first-order chi connectivity index (χ1) is 13.0. The SMILES string of the molecule is CCN(Cc1nc(-c2ccc(OC)cc2)no1)C(=O)c1ccc(C)c(C)c1. The Morgan fingerprint density at radius 3 is 2.48 bits per heavy atom. The number of amides is 1. The van der Waals surface area contributed by atoms with E-state index in [0.29, 0.717) is 23.8 Å². The topological polar surface area (TPSA) is 68.5 Å². The number of methoxy groups -OCH3 is 1. The zero-order valence-corrected chi connectivity index (χ0v) is 16.0. The fourth-order valence-electron chi connectivity index (χ4n) is 2.72. The van der Waals surface area contributed by atoms with Gasteiger partial charge in [-0.2, -0.15) is 4.98 Å². The quantitative estimate of drug-likeness (QED) is 0.660. The van der Waals surface area contributed by atoms with E-state index in [4.69, 9.17) is 9.26 Å². The highest BCUT2D eigenvalue weighted by Gasteiger charge is 2.18. The van der Waals surface area contributed by atoms with Crippen LogP contribution in [0.5, 0.6) is 5.75 Å². The third-order valence-corrected chi connectivity index (χ3v) is 4.57. The molecule has 0 saturated heterocycles. The molecule has 6 nitrogen and oxygen atoms in total. The fourth-order valence-corrected chi connectivity index (χ4v) is 2.72. The van der Waals surface area contributed by atoms with Crippen LogP contribution in [0.1, 0.15) is 34.3 Å². The molecule has 0 saturated carbocycles. The van der Waals surface area contributed by atoms with Gasteiger partial charge in [-0.15, -0.1) is 0 Å². The van der Waals surface area contributed by atoms with Gasteiger partial charge in [-0.1, -0.05) is 11.2 Å². The molecule has 6 heteroatoms. The van der Waals surface area contributed by atoms with Gasteiger partial charge in [0.1, 0.15) is 12.3 Å². The van der Waals surface area contributed by atoms with Gasteiger partial charge < -0.3 is 14.2 Å². The lowest BCUT2D eigenvalue weighted by Gasteiger charge is -2.19. The van der Waals surface area contributed by atoms with Crippen LogP contribution in [0.3, 0.4) is 0 Å². The number of nitrogens with zero attached hydrogens (tertiary/aromatic N) is 3. The summed E-state index contributed by atoms with van der Waals surface area (Å²) in [5, 5.41) is 4.02.